The van der Waals surface area contributed by atoms with Crippen molar-refractivity contribution in [3.05, 3.63) is 65.9 Å². The lowest BCUT2D eigenvalue weighted by atomic mass is 10.2. The van der Waals surface area contributed by atoms with E-state index in [0.29, 0.717) is 5.95 Å². The Bertz CT molecular complexity index is 771. The number of aryl methyl sites for hydroxylation is 1. The Kier molecular flexibility index (Phi) is 3.96. The van der Waals surface area contributed by atoms with Crippen LogP contribution in [-0.4, -0.2) is 22.0 Å². The molecule has 0 radical (unpaired) electrons. The van der Waals surface area contributed by atoms with E-state index in [4.69, 9.17) is 0 Å². The van der Waals surface area contributed by atoms with E-state index in [1.54, 1.807) is 18.6 Å². The Morgan fingerprint density at radius 3 is 2.77 bits per heavy atom. The van der Waals surface area contributed by atoms with E-state index in [1.807, 2.05) is 50.4 Å². The summed E-state index contributed by atoms with van der Waals surface area (Å²) >= 11 is 0. The minimum atomic E-state index is 0.442. The van der Waals surface area contributed by atoms with Gasteiger partial charge in [-0.2, -0.15) is 0 Å². The third kappa shape index (κ3) is 3.03. The molecule has 3 rings (SSSR count). The van der Waals surface area contributed by atoms with Gasteiger partial charge in [0.1, 0.15) is 0 Å². The van der Waals surface area contributed by atoms with Crippen molar-refractivity contribution in [1.82, 2.24) is 15.0 Å². The fourth-order valence-corrected chi connectivity index (χ4v) is 2.07. The zero-order valence-corrected chi connectivity index (χ0v) is 12.5. The number of hydrogen-bond acceptors (Lipinski definition) is 4. The first-order valence-electron chi connectivity index (χ1n) is 7.00. The van der Waals surface area contributed by atoms with E-state index >= 15 is 0 Å². The highest BCUT2D eigenvalue weighted by molar-refractivity contribution is 5.70. The van der Waals surface area contributed by atoms with E-state index in [2.05, 4.69) is 25.6 Å². The molecule has 0 atom stereocenters. The molecule has 5 heteroatoms. The van der Waals surface area contributed by atoms with Gasteiger partial charge in [0.05, 0.1) is 0 Å². The van der Waals surface area contributed by atoms with Gasteiger partial charge in [0.25, 0.3) is 0 Å². The minimum absolute atomic E-state index is 0.442. The van der Waals surface area contributed by atoms with Crippen LogP contribution in [0.3, 0.4) is 0 Å². The summed E-state index contributed by atoms with van der Waals surface area (Å²) in [6, 6.07) is 11.7. The van der Waals surface area contributed by atoms with Crippen molar-refractivity contribution < 1.29 is 0 Å². The van der Waals surface area contributed by atoms with Gasteiger partial charge in [-0.05, 0) is 48.6 Å². The second-order valence-corrected chi connectivity index (χ2v) is 4.85. The lowest BCUT2D eigenvalue weighted by Crippen LogP contribution is -1.90. The number of aromatic nitrogens is 3. The third-order valence-electron chi connectivity index (χ3n) is 3.32. The summed E-state index contributed by atoms with van der Waals surface area (Å²) in [6.07, 6.45) is 5.23. The molecule has 0 fully saturated rings. The number of pyridine rings is 1. The first kappa shape index (κ1) is 14.0. The average Bonchev–Trinajstić information content (AvgIpc) is 2.58. The third-order valence-corrected chi connectivity index (χ3v) is 3.32. The molecule has 0 unspecified atom stereocenters. The van der Waals surface area contributed by atoms with Crippen molar-refractivity contribution in [2.75, 3.05) is 12.4 Å². The minimum Gasteiger partial charge on any atom is -0.388 e. The SMILES string of the molecule is CNc1ccc(C)c([N-]c2nccc(-c3cccnc3)n2)c1. The van der Waals surface area contributed by atoms with E-state index in [0.717, 1.165) is 28.2 Å². The molecule has 0 aliphatic rings. The maximum Gasteiger partial charge on any atom is 0.0348 e. The topological polar surface area (TPSA) is 64.8 Å². The molecule has 2 aromatic heterocycles. The van der Waals surface area contributed by atoms with Crippen LogP contribution in [0.15, 0.2) is 55.0 Å². The summed E-state index contributed by atoms with van der Waals surface area (Å²) in [7, 11) is 1.88. The van der Waals surface area contributed by atoms with E-state index in [-0.39, 0.29) is 0 Å². The van der Waals surface area contributed by atoms with E-state index < -0.39 is 0 Å². The zero-order valence-electron chi connectivity index (χ0n) is 12.5. The molecule has 5 nitrogen and oxygen atoms in total. The van der Waals surface area contributed by atoms with Gasteiger partial charge in [-0.3, -0.25) is 4.98 Å². The van der Waals surface area contributed by atoms with Gasteiger partial charge < -0.3 is 20.6 Å². The molecule has 1 N–H and O–H groups in total. The molecule has 110 valence electrons. The Balaban J connectivity index is 1.90. The molecule has 0 aliphatic carbocycles. The van der Waals surface area contributed by atoms with Crippen molar-refractivity contribution >= 4 is 17.3 Å². The van der Waals surface area contributed by atoms with Gasteiger partial charge in [-0.15, -0.1) is 0 Å². The van der Waals surface area contributed by atoms with Gasteiger partial charge in [-0.1, -0.05) is 12.1 Å². The molecule has 0 spiro atoms. The van der Waals surface area contributed by atoms with Crippen molar-refractivity contribution in [2.24, 2.45) is 0 Å². The molecule has 2 heterocycles. The first-order valence-corrected chi connectivity index (χ1v) is 7.00. The van der Waals surface area contributed by atoms with Crippen LogP contribution >= 0.6 is 0 Å². The van der Waals surface area contributed by atoms with Crippen molar-refractivity contribution in [3.63, 3.8) is 0 Å². The van der Waals surface area contributed by atoms with Gasteiger partial charge in [0.2, 0.25) is 0 Å². The number of nitrogens with zero attached hydrogens (tertiary/aromatic N) is 4. The zero-order chi connectivity index (χ0) is 15.4. The van der Waals surface area contributed by atoms with Gasteiger partial charge in [0, 0.05) is 42.3 Å². The predicted molar refractivity (Wildman–Crippen MR) is 88.7 cm³/mol. The summed E-state index contributed by atoms with van der Waals surface area (Å²) in [6.45, 7) is 2.02. The van der Waals surface area contributed by atoms with Crippen LogP contribution in [-0.2, 0) is 0 Å². The van der Waals surface area contributed by atoms with Crippen molar-refractivity contribution in [1.29, 1.82) is 0 Å². The Morgan fingerprint density at radius 1 is 1.09 bits per heavy atom. The van der Waals surface area contributed by atoms with Gasteiger partial charge in [0.15, 0.2) is 0 Å². The summed E-state index contributed by atoms with van der Waals surface area (Å²) in [5.74, 6) is 0.442. The van der Waals surface area contributed by atoms with E-state index in [1.165, 1.54) is 0 Å². The smallest absolute Gasteiger partial charge is 0.0348 e. The van der Waals surface area contributed by atoms with Crippen LogP contribution in [0.5, 0.6) is 0 Å². The van der Waals surface area contributed by atoms with Crippen LogP contribution in [0.25, 0.3) is 16.6 Å². The summed E-state index contributed by atoms with van der Waals surface area (Å²) < 4.78 is 0. The Hall–Kier alpha value is -2.95. The highest BCUT2D eigenvalue weighted by Gasteiger charge is 1.99. The standard InChI is InChI=1S/C17H16N5/c1-12-5-6-14(18-2)10-16(12)22-17-20-9-7-15(21-17)13-4-3-8-19-11-13/h3-11,18H,1-2H3/q-1. The quantitative estimate of drug-likeness (QED) is 0.781. The number of anilines is 1. The summed E-state index contributed by atoms with van der Waals surface area (Å²) in [5, 5.41) is 7.66. The lowest BCUT2D eigenvalue weighted by Gasteiger charge is -2.17. The fraction of sp³-hybridized carbons (Fsp3) is 0.118. The van der Waals surface area contributed by atoms with Crippen LogP contribution in [0.4, 0.5) is 17.3 Å². The molecule has 0 bridgehead atoms. The van der Waals surface area contributed by atoms with Crippen LogP contribution in [0.1, 0.15) is 5.56 Å². The Morgan fingerprint density at radius 2 is 2.00 bits per heavy atom. The maximum atomic E-state index is 4.55. The van der Waals surface area contributed by atoms with Gasteiger partial charge >= 0.3 is 0 Å². The predicted octanol–water partition coefficient (Wildman–Crippen LogP) is 4.23. The molecule has 0 aliphatic heterocycles. The van der Waals surface area contributed by atoms with Crippen LogP contribution in [0.2, 0.25) is 0 Å². The molecule has 1 aromatic carbocycles. The van der Waals surface area contributed by atoms with Crippen molar-refractivity contribution in [2.45, 2.75) is 6.92 Å². The molecular weight excluding hydrogens is 274 g/mol. The second kappa shape index (κ2) is 6.22. The summed E-state index contributed by atoms with van der Waals surface area (Å²) in [5.41, 5.74) is 4.70. The normalized spacial score (nSPS) is 10.3. The second-order valence-electron chi connectivity index (χ2n) is 4.85. The highest BCUT2D eigenvalue weighted by Crippen LogP contribution is 2.33. The molecule has 0 saturated heterocycles. The lowest BCUT2D eigenvalue weighted by molar-refractivity contribution is 1.18. The van der Waals surface area contributed by atoms with Gasteiger partial charge in [-0.25, -0.2) is 0 Å². The molecular formula is C17H16N5-. The number of rotatable bonds is 4. The van der Waals surface area contributed by atoms with E-state index in [9.17, 15) is 0 Å². The van der Waals surface area contributed by atoms with Crippen LogP contribution < -0.4 is 5.32 Å². The monoisotopic (exact) mass is 290 g/mol. The maximum absolute atomic E-state index is 4.55. The molecule has 3 aromatic rings. The number of nitrogens with one attached hydrogen (secondary N) is 1. The molecule has 22 heavy (non-hydrogen) atoms. The largest absolute Gasteiger partial charge is 0.388 e. The average molecular weight is 290 g/mol. The summed E-state index contributed by atoms with van der Waals surface area (Å²) in [4.78, 5) is 12.8. The van der Waals surface area contributed by atoms with Crippen molar-refractivity contribution in [3.8, 4) is 11.3 Å². The molecule has 0 saturated carbocycles. The van der Waals surface area contributed by atoms with Crippen LogP contribution in [0, 0.1) is 6.92 Å². The molecule has 0 amide bonds. The number of hydrogen-bond donors (Lipinski definition) is 1. The fourth-order valence-electron chi connectivity index (χ4n) is 2.07. The highest BCUT2D eigenvalue weighted by atomic mass is 15.1. The first-order chi connectivity index (χ1) is 10.8. The number of benzene rings is 1. The Labute approximate surface area is 129 Å².